The molecule has 3 aromatic rings. The molecule has 0 aliphatic heterocycles. The van der Waals surface area contributed by atoms with Gasteiger partial charge in [-0.2, -0.15) is 4.98 Å². The SMILES string of the molecule is CCc1cc2c(NC(C)Cc3cccs3)nc(N)nc2s1. The lowest BCUT2D eigenvalue weighted by atomic mass is 10.2. The van der Waals surface area contributed by atoms with Crippen molar-refractivity contribution < 1.29 is 0 Å². The molecule has 3 aromatic heterocycles. The van der Waals surface area contributed by atoms with Crippen molar-refractivity contribution >= 4 is 44.7 Å². The van der Waals surface area contributed by atoms with Crippen LogP contribution in [0.25, 0.3) is 10.2 Å². The highest BCUT2D eigenvalue weighted by atomic mass is 32.1. The number of nitrogens with two attached hydrogens (primary N) is 1. The molecule has 3 N–H and O–H groups in total. The number of thiophene rings is 2. The first-order valence-corrected chi connectivity index (χ1v) is 8.70. The van der Waals surface area contributed by atoms with Gasteiger partial charge in [0.05, 0.1) is 5.39 Å². The van der Waals surface area contributed by atoms with Gasteiger partial charge in [-0.05, 0) is 30.9 Å². The van der Waals surface area contributed by atoms with Gasteiger partial charge < -0.3 is 11.1 Å². The second-order valence-corrected chi connectivity index (χ2v) is 7.19. The topological polar surface area (TPSA) is 63.8 Å². The van der Waals surface area contributed by atoms with Gasteiger partial charge in [0, 0.05) is 22.2 Å². The van der Waals surface area contributed by atoms with Crippen molar-refractivity contribution in [1.29, 1.82) is 0 Å². The third-order valence-corrected chi connectivity index (χ3v) is 5.35. The zero-order valence-electron chi connectivity index (χ0n) is 12.1. The number of aromatic nitrogens is 2. The summed E-state index contributed by atoms with van der Waals surface area (Å²) < 4.78 is 0. The van der Waals surface area contributed by atoms with E-state index in [1.165, 1.54) is 9.75 Å². The summed E-state index contributed by atoms with van der Waals surface area (Å²) in [6.07, 6.45) is 1.99. The van der Waals surface area contributed by atoms with Crippen LogP contribution >= 0.6 is 22.7 Å². The summed E-state index contributed by atoms with van der Waals surface area (Å²) in [5, 5.41) is 6.66. The summed E-state index contributed by atoms with van der Waals surface area (Å²) >= 11 is 3.47. The Bertz CT molecular complexity index is 734. The number of hydrogen-bond donors (Lipinski definition) is 2. The van der Waals surface area contributed by atoms with Crippen LogP contribution in [0.2, 0.25) is 0 Å². The lowest BCUT2D eigenvalue weighted by Crippen LogP contribution is -2.19. The van der Waals surface area contributed by atoms with Crippen LogP contribution in [-0.2, 0) is 12.8 Å². The minimum atomic E-state index is 0.297. The average Bonchev–Trinajstić information content (AvgIpc) is 3.07. The van der Waals surface area contributed by atoms with Crippen molar-refractivity contribution in [1.82, 2.24) is 9.97 Å². The summed E-state index contributed by atoms with van der Waals surface area (Å²) in [6, 6.07) is 6.71. The van der Waals surface area contributed by atoms with E-state index >= 15 is 0 Å². The minimum absolute atomic E-state index is 0.297. The lowest BCUT2D eigenvalue weighted by Gasteiger charge is -2.14. The van der Waals surface area contributed by atoms with Gasteiger partial charge in [-0.3, -0.25) is 0 Å². The lowest BCUT2D eigenvalue weighted by molar-refractivity contribution is 0.796. The normalized spacial score (nSPS) is 12.7. The molecule has 3 rings (SSSR count). The molecule has 0 saturated carbocycles. The molecule has 0 aliphatic carbocycles. The van der Waals surface area contributed by atoms with Gasteiger partial charge in [0.1, 0.15) is 10.6 Å². The van der Waals surface area contributed by atoms with Gasteiger partial charge in [-0.15, -0.1) is 22.7 Å². The maximum absolute atomic E-state index is 5.83. The molecule has 0 saturated heterocycles. The second-order valence-electron chi connectivity index (χ2n) is 5.04. The van der Waals surface area contributed by atoms with Crippen LogP contribution in [0.1, 0.15) is 23.6 Å². The van der Waals surface area contributed by atoms with E-state index in [2.05, 4.69) is 52.7 Å². The summed E-state index contributed by atoms with van der Waals surface area (Å²) in [7, 11) is 0. The first-order chi connectivity index (χ1) is 10.2. The second kappa shape index (κ2) is 5.99. The smallest absolute Gasteiger partial charge is 0.223 e. The third kappa shape index (κ3) is 3.16. The van der Waals surface area contributed by atoms with Gasteiger partial charge in [0.25, 0.3) is 0 Å². The Morgan fingerprint density at radius 1 is 1.33 bits per heavy atom. The van der Waals surface area contributed by atoms with Crippen molar-refractivity contribution in [3.05, 3.63) is 33.3 Å². The highest BCUT2D eigenvalue weighted by Crippen LogP contribution is 2.30. The number of nitrogen functional groups attached to an aromatic ring is 1. The number of rotatable bonds is 5. The maximum Gasteiger partial charge on any atom is 0.223 e. The molecule has 0 aromatic carbocycles. The van der Waals surface area contributed by atoms with E-state index in [0.717, 1.165) is 28.9 Å². The molecule has 3 heterocycles. The van der Waals surface area contributed by atoms with Gasteiger partial charge in [0.2, 0.25) is 5.95 Å². The molecule has 0 spiro atoms. The van der Waals surface area contributed by atoms with Gasteiger partial charge in [-0.25, -0.2) is 4.98 Å². The first kappa shape index (κ1) is 14.3. The quantitative estimate of drug-likeness (QED) is 0.748. The molecule has 0 amide bonds. The van der Waals surface area contributed by atoms with Crippen molar-refractivity contribution in [2.75, 3.05) is 11.1 Å². The molecule has 0 radical (unpaired) electrons. The number of aryl methyl sites for hydroxylation is 1. The van der Waals surface area contributed by atoms with Crippen LogP contribution in [0.3, 0.4) is 0 Å². The van der Waals surface area contributed by atoms with E-state index in [1.807, 2.05) is 0 Å². The summed E-state index contributed by atoms with van der Waals surface area (Å²) in [5.41, 5.74) is 5.83. The number of nitrogens with zero attached hydrogens (tertiary/aromatic N) is 2. The zero-order chi connectivity index (χ0) is 14.8. The highest BCUT2D eigenvalue weighted by molar-refractivity contribution is 7.18. The van der Waals surface area contributed by atoms with Crippen molar-refractivity contribution in [2.45, 2.75) is 32.7 Å². The van der Waals surface area contributed by atoms with Crippen LogP contribution in [0.15, 0.2) is 23.6 Å². The molecule has 0 aliphatic rings. The number of anilines is 2. The van der Waals surface area contributed by atoms with E-state index in [9.17, 15) is 0 Å². The molecule has 0 bridgehead atoms. The minimum Gasteiger partial charge on any atom is -0.368 e. The fraction of sp³-hybridized carbons (Fsp3) is 0.333. The Hall–Kier alpha value is -1.66. The Morgan fingerprint density at radius 2 is 2.19 bits per heavy atom. The molecule has 6 heteroatoms. The predicted octanol–water partition coefficient (Wildman–Crippen LogP) is 3.94. The average molecular weight is 318 g/mol. The zero-order valence-corrected chi connectivity index (χ0v) is 13.7. The van der Waals surface area contributed by atoms with Gasteiger partial charge >= 0.3 is 0 Å². The fourth-order valence-corrected chi connectivity index (χ4v) is 4.10. The van der Waals surface area contributed by atoms with Crippen LogP contribution < -0.4 is 11.1 Å². The molecular formula is C15H18N4S2. The molecule has 21 heavy (non-hydrogen) atoms. The number of nitrogens with one attached hydrogen (secondary N) is 1. The third-order valence-electron chi connectivity index (χ3n) is 3.28. The van der Waals surface area contributed by atoms with Crippen molar-refractivity contribution in [2.24, 2.45) is 0 Å². The summed E-state index contributed by atoms with van der Waals surface area (Å²) in [4.78, 5) is 12.4. The molecule has 110 valence electrons. The van der Waals surface area contributed by atoms with E-state index in [4.69, 9.17) is 5.73 Å². The Morgan fingerprint density at radius 3 is 2.90 bits per heavy atom. The molecule has 1 atom stereocenters. The van der Waals surface area contributed by atoms with Gasteiger partial charge in [-0.1, -0.05) is 13.0 Å². The highest BCUT2D eigenvalue weighted by Gasteiger charge is 2.13. The summed E-state index contributed by atoms with van der Waals surface area (Å²) in [6.45, 7) is 4.31. The van der Waals surface area contributed by atoms with Crippen LogP contribution in [0.4, 0.5) is 11.8 Å². The van der Waals surface area contributed by atoms with Crippen molar-refractivity contribution in [3.63, 3.8) is 0 Å². The standard InChI is InChI=1S/C15H18N4S2/c1-3-10-8-12-13(18-15(16)19-14(12)21-10)17-9(2)7-11-5-4-6-20-11/h4-6,8-9H,3,7H2,1-2H3,(H3,16,17,18,19). The van der Waals surface area contributed by atoms with E-state index in [1.54, 1.807) is 22.7 Å². The van der Waals surface area contributed by atoms with Crippen LogP contribution in [-0.4, -0.2) is 16.0 Å². The Labute approximate surface area is 132 Å². The van der Waals surface area contributed by atoms with E-state index in [-0.39, 0.29) is 0 Å². The predicted molar refractivity (Wildman–Crippen MR) is 92.3 cm³/mol. The molecule has 4 nitrogen and oxygen atoms in total. The monoisotopic (exact) mass is 318 g/mol. The maximum atomic E-state index is 5.83. The molecule has 0 fully saturated rings. The molecular weight excluding hydrogens is 300 g/mol. The van der Waals surface area contributed by atoms with Crippen LogP contribution in [0, 0.1) is 0 Å². The van der Waals surface area contributed by atoms with E-state index in [0.29, 0.717) is 12.0 Å². The first-order valence-electron chi connectivity index (χ1n) is 7.00. The fourth-order valence-electron chi connectivity index (χ4n) is 2.29. The Kier molecular flexibility index (Phi) is 4.07. The number of fused-ring (bicyclic) bond motifs is 1. The van der Waals surface area contributed by atoms with E-state index < -0.39 is 0 Å². The van der Waals surface area contributed by atoms with Gasteiger partial charge in [0.15, 0.2) is 0 Å². The largest absolute Gasteiger partial charge is 0.368 e. The van der Waals surface area contributed by atoms with Crippen LogP contribution in [0.5, 0.6) is 0 Å². The molecule has 1 unspecified atom stereocenters. The van der Waals surface area contributed by atoms with Crippen molar-refractivity contribution in [3.8, 4) is 0 Å². The number of hydrogen-bond acceptors (Lipinski definition) is 6. The summed E-state index contributed by atoms with van der Waals surface area (Å²) in [5.74, 6) is 1.18. The Balaban J connectivity index is 1.86.